The average Bonchev–Trinajstić information content (AvgIpc) is 3.11. The molecule has 0 spiro atoms. The highest BCUT2D eigenvalue weighted by atomic mass is 16.5. The molecule has 5 nitrogen and oxygen atoms in total. The minimum atomic E-state index is -0.273. The third kappa shape index (κ3) is 3.28. The molecule has 0 amide bonds. The zero-order chi connectivity index (χ0) is 20.7. The topological polar surface area (TPSA) is 56.2 Å². The number of nitrogens with zero attached hydrogens (tertiary/aromatic N) is 2. The fraction of sp³-hybridized carbons (Fsp3) is 0.360. The third-order valence-electron chi connectivity index (χ3n) is 6.23. The number of allylic oxidation sites excluding steroid dienone is 1. The van der Waals surface area contributed by atoms with Gasteiger partial charge in [-0.25, -0.2) is 9.78 Å². The summed E-state index contributed by atoms with van der Waals surface area (Å²) >= 11 is 0. The molecule has 0 radical (unpaired) electrons. The SMILES string of the molecule is CC1=C(C(=O)OC2CCCCC2)[C@H](c2cccc(C)c2)n2c(nc3ccccc32)N1. The minimum absolute atomic E-state index is 0.0191. The van der Waals surface area contributed by atoms with Gasteiger partial charge in [0.1, 0.15) is 6.10 Å². The number of fused-ring (bicyclic) bond motifs is 3. The Balaban J connectivity index is 1.63. The number of imidazole rings is 1. The van der Waals surface area contributed by atoms with Crippen molar-refractivity contribution in [2.24, 2.45) is 0 Å². The number of anilines is 1. The van der Waals surface area contributed by atoms with E-state index in [0.717, 1.165) is 59.5 Å². The summed E-state index contributed by atoms with van der Waals surface area (Å²) in [5.41, 5.74) is 5.62. The molecule has 1 aromatic heterocycles. The molecule has 0 bridgehead atoms. The van der Waals surface area contributed by atoms with Crippen molar-refractivity contribution in [1.29, 1.82) is 0 Å². The molecule has 5 rings (SSSR count). The maximum Gasteiger partial charge on any atom is 0.338 e. The molecule has 0 unspecified atom stereocenters. The van der Waals surface area contributed by atoms with E-state index in [1.807, 2.05) is 31.2 Å². The van der Waals surface area contributed by atoms with Gasteiger partial charge >= 0.3 is 5.97 Å². The lowest BCUT2D eigenvalue weighted by Crippen LogP contribution is -2.31. The number of esters is 1. The fourth-order valence-electron chi connectivity index (χ4n) is 4.78. The van der Waals surface area contributed by atoms with Crippen LogP contribution in [0.4, 0.5) is 5.95 Å². The van der Waals surface area contributed by atoms with Gasteiger partial charge in [-0.15, -0.1) is 0 Å². The van der Waals surface area contributed by atoms with E-state index >= 15 is 0 Å². The number of aryl methyl sites for hydroxylation is 1. The van der Waals surface area contributed by atoms with Gasteiger partial charge in [0.15, 0.2) is 0 Å². The van der Waals surface area contributed by atoms with Crippen molar-refractivity contribution in [3.8, 4) is 0 Å². The molecule has 0 saturated heterocycles. The fourth-order valence-corrected chi connectivity index (χ4v) is 4.78. The second kappa shape index (κ2) is 7.63. The largest absolute Gasteiger partial charge is 0.459 e. The van der Waals surface area contributed by atoms with Gasteiger partial charge in [0, 0.05) is 5.70 Å². The Morgan fingerprint density at radius 2 is 1.87 bits per heavy atom. The first-order valence-corrected chi connectivity index (χ1v) is 10.8. The van der Waals surface area contributed by atoms with Gasteiger partial charge < -0.3 is 10.1 Å². The van der Waals surface area contributed by atoms with Gasteiger partial charge in [0.2, 0.25) is 5.95 Å². The molecule has 1 N–H and O–H groups in total. The molecule has 5 heteroatoms. The summed E-state index contributed by atoms with van der Waals surface area (Å²) < 4.78 is 8.15. The number of hydrogen-bond acceptors (Lipinski definition) is 4. The first-order chi connectivity index (χ1) is 14.6. The number of aromatic nitrogens is 2. The molecular formula is C25H27N3O2. The van der Waals surface area contributed by atoms with Gasteiger partial charge in [-0.2, -0.15) is 0 Å². The molecular weight excluding hydrogens is 374 g/mol. The van der Waals surface area contributed by atoms with Gasteiger partial charge in [-0.1, -0.05) is 48.4 Å². The van der Waals surface area contributed by atoms with Gasteiger partial charge in [-0.3, -0.25) is 4.57 Å². The quantitative estimate of drug-likeness (QED) is 0.588. The molecule has 154 valence electrons. The summed E-state index contributed by atoms with van der Waals surface area (Å²) in [4.78, 5) is 18.2. The number of para-hydroxylation sites is 2. The average molecular weight is 402 g/mol. The molecule has 2 aliphatic rings. The summed E-state index contributed by atoms with van der Waals surface area (Å²) in [5.74, 6) is 0.538. The van der Waals surface area contributed by atoms with Gasteiger partial charge in [0.05, 0.1) is 22.6 Å². The molecule has 3 aromatic rings. The number of carbonyl (C=O) groups is 1. The van der Waals surface area contributed by atoms with Crippen molar-refractivity contribution in [3.05, 3.63) is 70.9 Å². The van der Waals surface area contributed by atoms with E-state index in [1.165, 1.54) is 6.42 Å². The standard InChI is InChI=1S/C25H27N3O2/c1-16-9-8-10-18(15-16)23-22(24(29)30-19-11-4-3-5-12-19)17(2)26-25-27-20-13-6-7-14-21(20)28(23)25/h6-10,13-15,19,23H,3-5,11-12H2,1-2H3,(H,26,27)/t23-/m0/s1. The Labute approximate surface area is 176 Å². The Kier molecular flexibility index (Phi) is 4.81. The molecule has 1 fully saturated rings. The van der Waals surface area contributed by atoms with Crippen molar-refractivity contribution in [1.82, 2.24) is 9.55 Å². The van der Waals surface area contributed by atoms with Crippen LogP contribution in [0.1, 0.15) is 56.2 Å². The number of carbonyl (C=O) groups excluding carboxylic acids is 1. The summed E-state index contributed by atoms with van der Waals surface area (Å²) in [6.45, 7) is 4.03. The van der Waals surface area contributed by atoms with E-state index in [2.05, 4.69) is 41.1 Å². The lowest BCUT2D eigenvalue weighted by atomic mass is 9.93. The lowest BCUT2D eigenvalue weighted by Gasteiger charge is -2.31. The van der Waals surface area contributed by atoms with Crippen LogP contribution in [-0.4, -0.2) is 21.6 Å². The Morgan fingerprint density at radius 3 is 2.67 bits per heavy atom. The predicted molar refractivity (Wildman–Crippen MR) is 118 cm³/mol. The number of ether oxygens (including phenoxy) is 1. The highest BCUT2D eigenvalue weighted by Gasteiger charge is 2.36. The summed E-state index contributed by atoms with van der Waals surface area (Å²) in [6.07, 6.45) is 5.43. The lowest BCUT2D eigenvalue weighted by molar-refractivity contribution is -0.146. The smallest absolute Gasteiger partial charge is 0.338 e. The second-order valence-corrected chi connectivity index (χ2v) is 8.44. The number of benzene rings is 2. The van der Waals surface area contributed by atoms with E-state index in [1.54, 1.807) is 0 Å². The monoisotopic (exact) mass is 401 g/mol. The maximum absolute atomic E-state index is 13.5. The zero-order valence-corrected chi connectivity index (χ0v) is 17.5. The molecule has 1 atom stereocenters. The van der Waals surface area contributed by atoms with E-state index in [-0.39, 0.29) is 18.1 Å². The molecule has 30 heavy (non-hydrogen) atoms. The Morgan fingerprint density at radius 1 is 1.07 bits per heavy atom. The van der Waals surface area contributed by atoms with Crippen molar-refractivity contribution in [3.63, 3.8) is 0 Å². The summed E-state index contributed by atoms with van der Waals surface area (Å²) in [6, 6.07) is 16.1. The molecule has 1 aliphatic carbocycles. The predicted octanol–water partition coefficient (Wildman–Crippen LogP) is 5.51. The number of hydrogen-bond donors (Lipinski definition) is 1. The van der Waals surface area contributed by atoms with E-state index in [0.29, 0.717) is 5.57 Å². The molecule has 2 heterocycles. The van der Waals surface area contributed by atoms with Crippen molar-refractivity contribution in [2.45, 2.75) is 58.1 Å². The molecule has 1 saturated carbocycles. The maximum atomic E-state index is 13.5. The van der Waals surface area contributed by atoms with Crippen LogP contribution in [0.3, 0.4) is 0 Å². The minimum Gasteiger partial charge on any atom is -0.459 e. The Hall–Kier alpha value is -3.08. The van der Waals surface area contributed by atoms with E-state index in [4.69, 9.17) is 9.72 Å². The van der Waals surface area contributed by atoms with E-state index < -0.39 is 0 Å². The first-order valence-electron chi connectivity index (χ1n) is 10.8. The van der Waals surface area contributed by atoms with Crippen LogP contribution in [0, 0.1) is 6.92 Å². The highest BCUT2D eigenvalue weighted by molar-refractivity contribution is 5.94. The molecule has 1 aliphatic heterocycles. The van der Waals surface area contributed by atoms with Crippen molar-refractivity contribution >= 4 is 23.0 Å². The van der Waals surface area contributed by atoms with E-state index in [9.17, 15) is 4.79 Å². The van der Waals surface area contributed by atoms with Crippen LogP contribution in [0.15, 0.2) is 59.8 Å². The first kappa shape index (κ1) is 18.9. The number of nitrogens with one attached hydrogen (secondary N) is 1. The van der Waals surface area contributed by atoms with Crippen LogP contribution in [0.25, 0.3) is 11.0 Å². The van der Waals surface area contributed by atoms with Crippen LogP contribution >= 0.6 is 0 Å². The van der Waals surface area contributed by atoms with Crippen LogP contribution in [0.5, 0.6) is 0 Å². The normalized spacial score (nSPS) is 19.5. The third-order valence-corrected chi connectivity index (χ3v) is 6.23. The van der Waals surface area contributed by atoms with Crippen LogP contribution < -0.4 is 5.32 Å². The van der Waals surface area contributed by atoms with Crippen LogP contribution in [0.2, 0.25) is 0 Å². The van der Waals surface area contributed by atoms with Crippen molar-refractivity contribution in [2.75, 3.05) is 5.32 Å². The zero-order valence-electron chi connectivity index (χ0n) is 17.5. The Bertz CT molecular complexity index is 1140. The summed E-state index contributed by atoms with van der Waals surface area (Å²) in [5, 5.41) is 3.36. The summed E-state index contributed by atoms with van der Waals surface area (Å²) in [7, 11) is 0. The van der Waals surface area contributed by atoms with Crippen molar-refractivity contribution < 1.29 is 9.53 Å². The van der Waals surface area contributed by atoms with Crippen LogP contribution in [-0.2, 0) is 9.53 Å². The van der Waals surface area contributed by atoms with Gasteiger partial charge in [0.25, 0.3) is 0 Å². The highest BCUT2D eigenvalue weighted by Crippen LogP contribution is 2.40. The number of rotatable bonds is 3. The van der Waals surface area contributed by atoms with Gasteiger partial charge in [-0.05, 0) is 57.2 Å². The molecule has 2 aromatic carbocycles. The second-order valence-electron chi connectivity index (χ2n) is 8.44.